The molecule has 0 saturated heterocycles. The van der Waals surface area contributed by atoms with Crippen LogP contribution in [-0.2, 0) is 21.2 Å². The third-order valence-corrected chi connectivity index (χ3v) is 4.01. The van der Waals surface area contributed by atoms with Crippen LogP contribution in [-0.4, -0.2) is 26.6 Å². The SMILES string of the molecule is C=CS(=O)(=O)c1cc(C(=O)OC)cc(Cl)c1CO. The minimum absolute atomic E-state index is 0.0138. The minimum Gasteiger partial charge on any atom is -0.465 e. The molecule has 18 heavy (non-hydrogen) atoms. The second-order valence-corrected chi connectivity index (χ2v) is 5.57. The average molecular weight is 291 g/mol. The molecule has 98 valence electrons. The number of rotatable bonds is 4. The van der Waals surface area contributed by atoms with E-state index in [1.54, 1.807) is 0 Å². The Bertz CT molecular complexity index is 592. The van der Waals surface area contributed by atoms with Crippen molar-refractivity contribution in [3.8, 4) is 0 Å². The predicted octanol–water partition coefficient (Wildman–Crippen LogP) is 1.54. The Morgan fingerprint density at radius 1 is 1.56 bits per heavy atom. The Labute approximate surface area is 110 Å². The van der Waals surface area contributed by atoms with Crippen LogP contribution in [0, 0.1) is 0 Å². The average Bonchev–Trinajstić information content (AvgIpc) is 2.36. The molecular weight excluding hydrogens is 280 g/mol. The fourth-order valence-electron chi connectivity index (χ4n) is 1.34. The van der Waals surface area contributed by atoms with Gasteiger partial charge in [0.1, 0.15) is 0 Å². The number of methoxy groups -OCH3 is 1. The lowest BCUT2D eigenvalue weighted by molar-refractivity contribution is 0.0600. The van der Waals surface area contributed by atoms with E-state index in [4.69, 9.17) is 16.7 Å². The fourth-order valence-corrected chi connectivity index (χ4v) is 2.67. The number of esters is 1. The number of aliphatic hydroxyl groups is 1. The molecule has 0 spiro atoms. The van der Waals surface area contributed by atoms with Crippen molar-refractivity contribution in [2.45, 2.75) is 11.5 Å². The maximum atomic E-state index is 11.8. The van der Waals surface area contributed by atoms with E-state index in [9.17, 15) is 13.2 Å². The van der Waals surface area contributed by atoms with Crippen LogP contribution in [0.25, 0.3) is 0 Å². The summed E-state index contributed by atoms with van der Waals surface area (Å²) in [7, 11) is -2.65. The molecule has 1 N–H and O–H groups in total. The number of hydrogen-bond donors (Lipinski definition) is 1. The summed E-state index contributed by atoms with van der Waals surface area (Å²) in [5, 5.41) is 9.84. The molecule has 0 bridgehead atoms. The molecule has 0 unspecified atom stereocenters. The highest BCUT2D eigenvalue weighted by Crippen LogP contribution is 2.27. The van der Waals surface area contributed by atoms with Gasteiger partial charge < -0.3 is 9.84 Å². The van der Waals surface area contributed by atoms with Gasteiger partial charge in [0.05, 0.1) is 24.2 Å². The van der Waals surface area contributed by atoms with Gasteiger partial charge in [0.25, 0.3) is 0 Å². The van der Waals surface area contributed by atoms with Crippen molar-refractivity contribution < 1.29 is 23.1 Å². The maximum absolute atomic E-state index is 11.8. The van der Waals surface area contributed by atoms with Crippen LogP contribution in [0.1, 0.15) is 15.9 Å². The van der Waals surface area contributed by atoms with Crippen LogP contribution < -0.4 is 0 Å². The first-order valence-corrected chi connectivity index (χ1v) is 6.69. The zero-order valence-corrected chi connectivity index (χ0v) is 11.1. The second kappa shape index (κ2) is 5.51. The predicted molar refractivity (Wildman–Crippen MR) is 66.1 cm³/mol. The van der Waals surface area contributed by atoms with Crippen molar-refractivity contribution in [2.75, 3.05) is 7.11 Å². The Balaban J connectivity index is 3.62. The zero-order chi connectivity index (χ0) is 13.9. The van der Waals surface area contributed by atoms with Crippen molar-refractivity contribution >= 4 is 27.4 Å². The molecule has 0 aliphatic heterocycles. The van der Waals surface area contributed by atoms with Crippen LogP contribution in [0.5, 0.6) is 0 Å². The van der Waals surface area contributed by atoms with E-state index >= 15 is 0 Å². The Morgan fingerprint density at radius 3 is 2.61 bits per heavy atom. The smallest absolute Gasteiger partial charge is 0.337 e. The Morgan fingerprint density at radius 2 is 2.17 bits per heavy atom. The van der Waals surface area contributed by atoms with E-state index < -0.39 is 22.4 Å². The highest BCUT2D eigenvalue weighted by molar-refractivity contribution is 7.94. The minimum atomic E-state index is -3.82. The summed E-state index contributed by atoms with van der Waals surface area (Å²) in [6.45, 7) is 2.61. The van der Waals surface area contributed by atoms with Gasteiger partial charge in [-0.25, -0.2) is 13.2 Å². The number of benzene rings is 1. The first-order valence-electron chi connectivity index (χ1n) is 4.76. The van der Waals surface area contributed by atoms with Gasteiger partial charge in [0.2, 0.25) is 0 Å². The lowest BCUT2D eigenvalue weighted by Gasteiger charge is -2.10. The Hall–Kier alpha value is -1.37. The van der Waals surface area contributed by atoms with Crippen molar-refractivity contribution in [3.05, 3.63) is 40.3 Å². The third-order valence-electron chi connectivity index (χ3n) is 2.26. The molecule has 0 saturated carbocycles. The van der Waals surface area contributed by atoms with Crippen molar-refractivity contribution in [1.82, 2.24) is 0 Å². The summed E-state index contributed by atoms with van der Waals surface area (Å²) in [6, 6.07) is 2.33. The summed E-state index contributed by atoms with van der Waals surface area (Å²) in [5.74, 6) is -0.720. The fraction of sp³-hybridized carbons (Fsp3) is 0.182. The molecule has 1 aromatic carbocycles. The van der Waals surface area contributed by atoms with Crippen molar-refractivity contribution in [3.63, 3.8) is 0 Å². The number of sulfone groups is 1. The van der Waals surface area contributed by atoms with Gasteiger partial charge in [-0.15, -0.1) is 0 Å². The largest absolute Gasteiger partial charge is 0.465 e. The van der Waals surface area contributed by atoms with E-state index in [0.717, 1.165) is 18.6 Å². The first kappa shape index (κ1) is 14.7. The number of carbonyl (C=O) groups is 1. The van der Waals surface area contributed by atoms with E-state index in [2.05, 4.69) is 11.3 Å². The first-order chi connectivity index (χ1) is 8.37. The number of ether oxygens (including phenoxy) is 1. The molecule has 7 heteroatoms. The van der Waals surface area contributed by atoms with Gasteiger partial charge in [-0.05, 0) is 12.1 Å². The highest BCUT2D eigenvalue weighted by Gasteiger charge is 2.21. The lowest BCUT2D eigenvalue weighted by Crippen LogP contribution is -2.08. The lowest BCUT2D eigenvalue weighted by atomic mass is 10.1. The van der Waals surface area contributed by atoms with Crippen LogP contribution in [0.3, 0.4) is 0 Å². The van der Waals surface area contributed by atoms with E-state index in [1.807, 2.05) is 0 Å². The quantitative estimate of drug-likeness (QED) is 0.851. The second-order valence-electron chi connectivity index (χ2n) is 3.30. The molecule has 0 heterocycles. The zero-order valence-electron chi connectivity index (χ0n) is 9.51. The van der Waals surface area contributed by atoms with Gasteiger partial charge in [0.15, 0.2) is 9.84 Å². The Kier molecular flexibility index (Phi) is 4.50. The van der Waals surface area contributed by atoms with E-state index in [1.165, 1.54) is 6.07 Å². The topological polar surface area (TPSA) is 80.7 Å². The van der Waals surface area contributed by atoms with Crippen molar-refractivity contribution in [1.29, 1.82) is 0 Å². The van der Waals surface area contributed by atoms with Crippen LogP contribution in [0.2, 0.25) is 5.02 Å². The molecule has 0 amide bonds. The molecule has 0 fully saturated rings. The maximum Gasteiger partial charge on any atom is 0.337 e. The number of halogens is 1. The number of hydrogen-bond acceptors (Lipinski definition) is 5. The normalized spacial score (nSPS) is 11.1. The molecule has 0 aliphatic rings. The highest BCUT2D eigenvalue weighted by atomic mass is 35.5. The summed E-state index contributed by atoms with van der Waals surface area (Å²) in [5.41, 5.74) is 0.00402. The summed E-state index contributed by atoms with van der Waals surface area (Å²) >= 11 is 5.83. The summed E-state index contributed by atoms with van der Waals surface area (Å²) in [4.78, 5) is 11.1. The van der Waals surface area contributed by atoms with Gasteiger partial charge >= 0.3 is 5.97 Å². The molecule has 0 radical (unpaired) electrons. The van der Waals surface area contributed by atoms with Gasteiger partial charge in [-0.2, -0.15) is 0 Å². The molecular formula is C11H11ClO5S. The molecule has 0 atom stereocenters. The number of aliphatic hydroxyl groups excluding tert-OH is 1. The molecule has 1 rings (SSSR count). The van der Waals surface area contributed by atoms with Gasteiger partial charge in [-0.3, -0.25) is 0 Å². The van der Waals surface area contributed by atoms with Gasteiger partial charge in [-0.1, -0.05) is 18.2 Å². The molecule has 5 nitrogen and oxygen atoms in total. The van der Waals surface area contributed by atoms with Crippen LogP contribution >= 0.6 is 11.6 Å². The summed E-state index contributed by atoms with van der Waals surface area (Å²) in [6.07, 6.45) is 0. The van der Waals surface area contributed by atoms with Crippen LogP contribution in [0.15, 0.2) is 29.0 Å². The molecule has 1 aromatic rings. The standard InChI is InChI=1S/C11H11ClO5S/c1-3-18(15,16)10-5-7(11(14)17-2)4-9(12)8(10)6-13/h3-5,13H,1,6H2,2H3. The van der Waals surface area contributed by atoms with Gasteiger partial charge in [0, 0.05) is 16.0 Å². The van der Waals surface area contributed by atoms with Crippen LogP contribution in [0.4, 0.5) is 0 Å². The number of carbonyl (C=O) groups excluding carboxylic acids is 1. The molecule has 0 aliphatic carbocycles. The van der Waals surface area contributed by atoms with E-state index in [0.29, 0.717) is 0 Å². The van der Waals surface area contributed by atoms with Crippen molar-refractivity contribution in [2.24, 2.45) is 0 Å². The monoisotopic (exact) mass is 290 g/mol. The van der Waals surface area contributed by atoms with E-state index in [-0.39, 0.29) is 21.0 Å². The molecule has 0 aromatic heterocycles. The third kappa shape index (κ3) is 2.72. The summed E-state index contributed by atoms with van der Waals surface area (Å²) < 4.78 is 28.0.